The van der Waals surface area contributed by atoms with Gasteiger partial charge in [-0.1, -0.05) is 0 Å². The van der Waals surface area contributed by atoms with Gasteiger partial charge in [-0.15, -0.1) is 0 Å². The van der Waals surface area contributed by atoms with Crippen molar-refractivity contribution >= 4 is 16.9 Å². The number of ether oxygens (including phenoxy) is 1. The normalized spacial score (nSPS) is 10.4. The van der Waals surface area contributed by atoms with Crippen LogP contribution in [0.4, 0.5) is 4.39 Å². The van der Waals surface area contributed by atoms with E-state index in [0.717, 1.165) is 0 Å². The molecule has 0 bridgehead atoms. The molecule has 1 aromatic heterocycles. The molecule has 2 aromatic rings. The minimum absolute atomic E-state index is 0.319. The topological polar surface area (TPSA) is 39.2 Å². The van der Waals surface area contributed by atoms with Crippen molar-refractivity contribution in [3.8, 4) is 0 Å². The summed E-state index contributed by atoms with van der Waals surface area (Å²) >= 11 is 0. The number of aryl methyl sites for hydroxylation is 1. The van der Waals surface area contributed by atoms with Gasteiger partial charge in [0.1, 0.15) is 5.82 Å². The summed E-state index contributed by atoms with van der Waals surface area (Å²) in [4.78, 5) is 15.4. The SMILES string of the molecule is COC(=O)c1ccc2nc(C)cc(F)c2c1. The molecule has 82 valence electrons. The summed E-state index contributed by atoms with van der Waals surface area (Å²) in [6, 6.07) is 5.96. The van der Waals surface area contributed by atoms with Crippen LogP contribution >= 0.6 is 0 Å². The highest BCUT2D eigenvalue weighted by Crippen LogP contribution is 2.19. The lowest BCUT2D eigenvalue weighted by molar-refractivity contribution is 0.0601. The standard InChI is InChI=1S/C12H10FNO2/c1-7-5-10(13)9-6-8(12(15)16-2)3-4-11(9)14-7/h3-6H,1-2H3. The summed E-state index contributed by atoms with van der Waals surface area (Å²) in [5, 5.41) is 0.327. The molecule has 0 N–H and O–H groups in total. The molecule has 0 saturated carbocycles. The number of benzene rings is 1. The molecule has 4 heteroatoms. The van der Waals surface area contributed by atoms with E-state index in [-0.39, 0.29) is 5.82 Å². The number of methoxy groups -OCH3 is 1. The van der Waals surface area contributed by atoms with Gasteiger partial charge in [-0.3, -0.25) is 4.98 Å². The number of nitrogens with zero attached hydrogens (tertiary/aromatic N) is 1. The van der Waals surface area contributed by atoms with Crippen LogP contribution in [0.1, 0.15) is 16.1 Å². The Balaban J connectivity index is 2.66. The maximum absolute atomic E-state index is 13.6. The highest BCUT2D eigenvalue weighted by molar-refractivity contribution is 5.94. The quantitative estimate of drug-likeness (QED) is 0.691. The first kappa shape index (κ1) is 10.5. The molecule has 0 spiro atoms. The Hall–Kier alpha value is -1.97. The molecule has 0 atom stereocenters. The van der Waals surface area contributed by atoms with E-state index in [1.807, 2.05) is 0 Å². The number of hydrogen-bond acceptors (Lipinski definition) is 3. The molecule has 2 rings (SSSR count). The smallest absolute Gasteiger partial charge is 0.337 e. The fraction of sp³-hybridized carbons (Fsp3) is 0.167. The van der Waals surface area contributed by atoms with Crippen molar-refractivity contribution in [1.82, 2.24) is 4.98 Å². The molecule has 0 aliphatic carbocycles. The second-order valence-electron chi connectivity index (χ2n) is 3.47. The summed E-state index contributed by atoms with van der Waals surface area (Å²) in [5.74, 6) is -0.866. The Kier molecular flexibility index (Phi) is 2.56. The predicted molar refractivity (Wildman–Crippen MR) is 57.8 cm³/mol. The summed E-state index contributed by atoms with van der Waals surface area (Å²) in [6.07, 6.45) is 0. The third-order valence-electron chi connectivity index (χ3n) is 2.31. The maximum Gasteiger partial charge on any atom is 0.337 e. The second kappa shape index (κ2) is 3.89. The number of carbonyl (C=O) groups excluding carboxylic acids is 1. The summed E-state index contributed by atoms with van der Waals surface area (Å²) in [7, 11) is 1.29. The number of fused-ring (bicyclic) bond motifs is 1. The average molecular weight is 219 g/mol. The van der Waals surface area contributed by atoms with Crippen LogP contribution in [0.25, 0.3) is 10.9 Å². The number of halogens is 1. The fourth-order valence-corrected chi connectivity index (χ4v) is 1.55. The van der Waals surface area contributed by atoms with Gasteiger partial charge in [0.15, 0.2) is 0 Å². The first-order chi connectivity index (χ1) is 7.61. The Morgan fingerprint density at radius 3 is 2.81 bits per heavy atom. The molecule has 0 amide bonds. The van der Waals surface area contributed by atoms with E-state index >= 15 is 0 Å². The summed E-state index contributed by atoms with van der Waals surface area (Å²) in [6.45, 7) is 1.72. The van der Waals surface area contributed by atoms with Crippen LogP contribution in [-0.4, -0.2) is 18.1 Å². The predicted octanol–water partition coefficient (Wildman–Crippen LogP) is 2.47. The van der Waals surface area contributed by atoms with Gasteiger partial charge in [-0.05, 0) is 31.2 Å². The summed E-state index contributed by atoms with van der Waals surface area (Å²) in [5.41, 5.74) is 1.46. The van der Waals surface area contributed by atoms with Crippen LogP contribution in [0.5, 0.6) is 0 Å². The largest absolute Gasteiger partial charge is 0.465 e. The van der Waals surface area contributed by atoms with Crippen molar-refractivity contribution in [1.29, 1.82) is 0 Å². The highest BCUT2D eigenvalue weighted by Gasteiger charge is 2.09. The molecule has 0 radical (unpaired) electrons. The number of esters is 1. The van der Waals surface area contributed by atoms with Gasteiger partial charge in [0.2, 0.25) is 0 Å². The van der Waals surface area contributed by atoms with Crippen LogP contribution in [0.2, 0.25) is 0 Å². The second-order valence-corrected chi connectivity index (χ2v) is 3.47. The Morgan fingerprint density at radius 1 is 1.38 bits per heavy atom. The van der Waals surface area contributed by atoms with Crippen LogP contribution in [0.15, 0.2) is 24.3 Å². The number of hydrogen-bond donors (Lipinski definition) is 0. The van der Waals surface area contributed by atoms with E-state index in [4.69, 9.17) is 0 Å². The Morgan fingerprint density at radius 2 is 2.12 bits per heavy atom. The fourth-order valence-electron chi connectivity index (χ4n) is 1.55. The van der Waals surface area contributed by atoms with E-state index < -0.39 is 5.97 Å². The minimum Gasteiger partial charge on any atom is -0.465 e. The van der Waals surface area contributed by atoms with E-state index in [0.29, 0.717) is 22.2 Å². The summed E-state index contributed by atoms with van der Waals surface area (Å²) < 4.78 is 18.2. The first-order valence-corrected chi connectivity index (χ1v) is 4.77. The zero-order chi connectivity index (χ0) is 11.7. The maximum atomic E-state index is 13.6. The lowest BCUT2D eigenvalue weighted by atomic mass is 10.1. The van der Waals surface area contributed by atoms with Gasteiger partial charge in [0, 0.05) is 11.1 Å². The van der Waals surface area contributed by atoms with Gasteiger partial charge >= 0.3 is 5.97 Å². The van der Waals surface area contributed by atoms with Crippen LogP contribution in [0, 0.1) is 12.7 Å². The molecule has 0 unspecified atom stereocenters. The monoisotopic (exact) mass is 219 g/mol. The number of pyridine rings is 1. The number of aromatic nitrogens is 1. The first-order valence-electron chi connectivity index (χ1n) is 4.77. The van der Waals surface area contributed by atoms with E-state index in [2.05, 4.69) is 9.72 Å². The third kappa shape index (κ3) is 1.74. The van der Waals surface area contributed by atoms with Gasteiger partial charge in [0.05, 0.1) is 18.2 Å². The third-order valence-corrected chi connectivity index (χ3v) is 2.31. The molecule has 16 heavy (non-hydrogen) atoms. The van der Waals surface area contributed by atoms with Gasteiger partial charge in [-0.25, -0.2) is 9.18 Å². The Labute approximate surface area is 91.9 Å². The molecule has 0 aliphatic rings. The molecular weight excluding hydrogens is 209 g/mol. The molecule has 0 fully saturated rings. The van der Waals surface area contributed by atoms with Crippen molar-refractivity contribution in [2.24, 2.45) is 0 Å². The molecule has 0 aliphatic heterocycles. The van der Waals surface area contributed by atoms with E-state index in [1.54, 1.807) is 19.1 Å². The molecular formula is C12H10FNO2. The van der Waals surface area contributed by atoms with Gasteiger partial charge in [0.25, 0.3) is 0 Å². The van der Waals surface area contributed by atoms with Crippen molar-refractivity contribution < 1.29 is 13.9 Å². The van der Waals surface area contributed by atoms with Crippen molar-refractivity contribution in [2.45, 2.75) is 6.92 Å². The number of carbonyl (C=O) groups is 1. The molecule has 3 nitrogen and oxygen atoms in total. The zero-order valence-corrected chi connectivity index (χ0v) is 8.95. The van der Waals surface area contributed by atoms with Crippen molar-refractivity contribution in [3.63, 3.8) is 0 Å². The molecule has 0 saturated heterocycles. The molecule has 1 heterocycles. The van der Waals surface area contributed by atoms with Crippen molar-refractivity contribution in [3.05, 3.63) is 41.3 Å². The average Bonchev–Trinajstić information content (AvgIpc) is 2.27. The van der Waals surface area contributed by atoms with Crippen LogP contribution in [-0.2, 0) is 4.74 Å². The van der Waals surface area contributed by atoms with Gasteiger partial charge < -0.3 is 4.74 Å². The minimum atomic E-state index is -0.484. The van der Waals surface area contributed by atoms with E-state index in [9.17, 15) is 9.18 Å². The lowest BCUT2D eigenvalue weighted by Crippen LogP contribution is -2.01. The van der Waals surface area contributed by atoms with Crippen LogP contribution < -0.4 is 0 Å². The van der Waals surface area contributed by atoms with Crippen LogP contribution in [0.3, 0.4) is 0 Å². The van der Waals surface area contributed by atoms with Crippen molar-refractivity contribution in [2.75, 3.05) is 7.11 Å². The molecule has 1 aromatic carbocycles. The lowest BCUT2D eigenvalue weighted by Gasteiger charge is -2.03. The highest BCUT2D eigenvalue weighted by atomic mass is 19.1. The Bertz CT molecular complexity index is 566. The number of rotatable bonds is 1. The zero-order valence-electron chi connectivity index (χ0n) is 8.95. The van der Waals surface area contributed by atoms with Gasteiger partial charge in [-0.2, -0.15) is 0 Å². The van der Waals surface area contributed by atoms with E-state index in [1.165, 1.54) is 19.2 Å².